The van der Waals surface area contributed by atoms with Crippen LogP contribution in [0.25, 0.3) is 6.08 Å². The summed E-state index contributed by atoms with van der Waals surface area (Å²) in [5, 5.41) is 7.56. The summed E-state index contributed by atoms with van der Waals surface area (Å²) in [6.45, 7) is 4.86. The fourth-order valence-electron chi connectivity index (χ4n) is 3.85. The highest BCUT2D eigenvalue weighted by Crippen LogP contribution is 2.38. The van der Waals surface area contributed by atoms with E-state index in [1.807, 2.05) is 9.80 Å². The molecule has 0 spiro atoms. The van der Waals surface area contributed by atoms with Crippen LogP contribution in [0.15, 0.2) is 18.2 Å². The van der Waals surface area contributed by atoms with Gasteiger partial charge in [-0.3, -0.25) is 19.0 Å². The molecule has 2 heterocycles. The molecular weight excluding hydrogens is 494 g/mol. The van der Waals surface area contributed by atoms with Crippen molar-refractivity contribution in [1.29, 1.82) is 0 Å². The number of nitrogens with zero attached hydrogens (tertiary/aromatic N) is 3. The third-order valence-electron chi connectivity index (χ3n) is 5.77. The molecule has 0 bridgehead atoms. The van der Waals surface area contributed by atoms with Gasteiger partial charge in [-0.05, 0) is 36.6 Å². The van der Waals surface area contributed by atoms with Gasteiger partial charge < -0.3 is 29.1 Å². The Morgan fingerprint density at radius 2 is 1.44 bits per heavy atom. The van der Waals surface area contributed by atoms with Crippen molar-refractivity contribution in [2.75, 3.05) is 73.1 Å². The number of hydrogen-bond acceptors (Lipinski definition) is 9. The van der Waals surface area contributed by atoms with Gasteiger partial charge in [-0.25, -0.2) is 0 Å². The summed E-state index contributed by atoms with van der Waals surface area (Å²) < 4.78 is 42.2. The van der Waals surface area contributed by atoms with Gasteiger partial charge in [0, 0.05) is 45.3 Å². The number of amides is 2. The maximum Gasteiger partial charge on any atom is 0.289 e. The van der Waals surface area contributed by atoms with Crippen LogP contribution in [-0.4, -0.2) is 118 Å². The Hall–Kier alpha value is -2.87. The van der Waals surface area contributed by atoms with E-state index < -0.39 is 16.1 Å². The molecule has 13 heteroatoms. The molecule has 2 aliphatic heterocycles. The maximum atomic E-state index is 12.6. The molecule has 1 aromatic rings. The first-order valence-corrected chi connectivity index (χ1v) is 13.1. The normalized spacial score (nSPS) is 16.5. The second-order valence-electron chi connectivity index (χ2n) is 8.19. The molecule has 0 atom stereocenters. The Morgan fingerprint density at radius 3 is 1.89 bits per heavy atom. The standard InChI is InChI=1S/C22H31N3O5.CH4O4S/c1-28-18-14-17(15-19(29-2)22(18)30-3)6-7-20(26)25-12-10-23(11-13-25)16-21(27)24-8-4-5-9-24;2-1-6(3,4)5/h6-7,14-15H,4-5,8-13,16H2,1-3H3;2H,1H2,(H,3,4,5)/b7-6+;. The first kappa shape index (κ1) is 29.4. The monoisotopic (exact) mass is 529 g/mol. The average Bonchev–Trinajstić information content (AvgIpc) is 3.42. The third kappa shape index (κ3) is 8.97. The Morgan fingerprint density at radius 1 is 0.917 bits per heavy atom. The second kappa shape index (κ2) is 14.0. The molecule has 0 aliphatic carbocycles. The lowest BCUT2D eigenvalue weighted by molar-refractivity contribution is -0.132. The number of aliphatic hydroxyl groups is 1. The zero-order valence-electron chi connectivity index (χ0n) is 20.9. The van der Waals surface area contributed by atoms with Gasteiger partial charge in [0.2, 0.25) is 17.6 Å². The number of hydrogen-bond donors (Lipinski definition) is 2. The molecule has 2 N–H and O–H groups in total. The van der Waals surface area contributed by atoms with E-state index in [9.17, 15) is 18.0 Å². The molecule has 0 aromatic heterocycles. The van der Waals surface area contributed by atoms with Crippen molar-refractivity contribution in [1.82, 2.24) is 14.7 Å². The minimum Gasteiger partial charge on any atom is -0.493 e. The van der Waals surface area contributed by atoms with Gasteiger partial charge in [-0.15, -0.1) is 0 Å². The van der Waals surface area contributed by atoms with Gasteiger partial charge in [0.25, 0.3) is 10.1 Å². The highest BCUT2D eigenvalue weighted by molar-refractivity contribution is 7.85. The maximum absolute atomic E-state index is 12.6. The highest BCUT2D eigenvalue weighted by Gasteiger charge is 2.24. The topological polar surface area (TPSA) is 146 Å². The van der Waals surface area contributed by atoms with Crippen LogP contribution in [0.5, 0.6) is 17.2 Å². The number of ether oxygens (including phenoxy) is 3. The SMILES string of the molecule is COc1cc(/C=C/C(=O)N2CCN(CC(=O)N3CCCC3)CC2)cc(OC)c1OC.O=S(=O)(O)CO. The molecule has 12 nitrogen and oxygen atoms in total. The minimum atomic E-state index is -4.11. The Balaban J connectivity index is 0.000000678. The number of carbonyl (C=O) groups excluding carboxylic acids is 2. The fourth-order valence-corrected chi connectivity index (χ4v) is 3.85. The largest absolute Gasteiger partial charge is 0.493 e. The molecule has 0 radical (unpaired) electrons. The number of likely N-dealkylation sites (tertiary alicyclic amines) is 1. The zero-order valence-corrected chi connectivity index (χ0v) is 21.7. The van der Waals surface area contributed by atoms with Gasteiger partial charge in [0.05, 0.1) is 27.9 Å². The number of rotatable bonds is 8. The summed E-state index contributed by atoms with van der Waals surface area (Å²) in [4.78, 5) is 30.8. The van der Waals surface area contributed by atoms with Crippen LogP contribution in [0.2, 0.25) is 0 Å². The molecule has 2 amide bonds. The van der Waals surface area contributed by atoms with Gasteiger partial charge >= 0.3 is 0 Å². The van der Waals surface area contributed by atoms with Crippen molar-refractivity contribution < 1.29 is 41.9 Å². The van der Waals surface area contributed by atoms with Gasteiger partial charge in [0.1, 0.15) is 0 Å². The van der Waals surface area contributed by atoms with E-state index in [0.29, 0.717) is 50.0 Å². The lowest BCUT2D eigenvalue weighted by atomic mass is 10.1. The van der Waals surface area contributed by atoms with E-state index in [2.05, 4.69) is 4.90 Å². The molecule has 1 aromatic carbocycles. The smallest absolute Gasteiger partial charge is 0.289 e. The molecule has 3 rings (SSSR count). The van der Waals surface area contributed by atoms with Gasteiger partial charge in [-0.1, -0.05) is 0 Å². The molecule has 2 aliphatic rings. The number of aliphatic hydroxyl groups excluding tert-OH is 1. The average molecular weight is 530 g/mol. The van der Waals surface area contributed by atoms with E-state index in [0.717, 1.165) is 31.5 Å². The highest BCUT2D eigenvalue weighted by atomic mass is 32.2. The predicted molar refractivity (Wildman–Crippen MR) is 133 cm³/mol. The predicted octanol–water partition coefficient (Wildman–Crippen LogP) is 0.316. The molecule has 2 fully saturated rings. The van der Waals surface area contributed by atoms with Crippen LogP contribution >= 0.6 is 0 Å². The van der Waals surface area contributed by atoms with Crippen molar-refractivity contribution in [3.63, 3.8) is 0 Å². The van der Waals surface area contributed by atoms with Crippen LogP contribution < -0.4 is 14.2 Å². The van der Waals surface area contributed by atoms with Crippen molar-refractivity contribution in [3.05, 3.63) is 23.8 Å². The van der Waals surface area contributed by atoms with E-state index in [4.69, 9.17) is 23.9 Å². The zero-order chi connectivity index (χ0) is 26.7. The summed E-state index contributed by atoms with van der Waals surface area (Å²) in [6, 6.07) is 3.60. The van der Waals surface area contributed by atoms with E-state index in [-0.39, 0.29) is 11.8 Å². The fraction of sp³-hybridized carbons (Fsp3) is 0.565. The van der Waals surface area contributed by atoms with Crippen LogP contribution in [0.4, 0.5) is 0 Å². The lowest BCUT2D eigenvalue weighted by Crippen LogP contribution is -2.51. The number of benzene rings is 1. The Bertz CT molecular complexity index is 991. The van der Waals surface area contributed by atoms with Crippen LogP contribution in [0.1, 0.15) is 18.4 Å². The first-order valence-electron chi connectivity index (χ1n) is 11.4. The Kier molecular flexibility index (Phi) is 11.4. The summed E-state index contributed by atoms with van der Waals surface area (Å²) in [5.41, 5.74) is 0.785. The quantitative estimate of drug-likeness (QED) is 0.356. The molecule has 2 saturated heterocycles. The number of carbonyl (C=O) groups is 2. The molecule has 36 heavy (non-hydrogen) atoms. The summed E-state index contributed by atoms with van der Waals surface area (Å²) in [6.07, 6.45) is 5.51. The van der Waals surface area contributed by atoms with Crippen molar-refractivity contribution in [3.8, 4) is 17.2 Å². The molecular formula is C23H35N3O9S. The van der Waals surface area contributed by atoms with Gasteiger partial charge in [0.15, 0.2) is 17.4 Å². The van der Waals surface area contributed by atoms with E-state index in [1.165, 1.54) is 0 Å². The van der Waals surface area contributed by atoms with Crippen molar-refractivity contribution >= 4 is 28.0 Å². The number of piperazine rings is 1. The summed E-state index contributed by atoms with van der Waals surface area (Å²) in [5.74, 6) is 0.555. The second-order valence-corrected chi connectivity index (χ2v) is 9.61. The van der Waals surface area contributed by atoms with Crippen molar-refractivity contribution in [2.45, 2.75) is 12.8 Å². The van der Waals surface area contributed by atoms with E-state index >= 15 is 0 Å². The lowest BCUT2D eigenvalue weighted by Gasteiger charge is -2.34. The van der Waals surface area contributed by atoms with Gasteiger partial charge in [-0.2, -0.15) is 8.42 Å². The first-order chi connectivity index (χ1) is 17.1. The summed E-state index contributed by atoms with van der Waals surface area (Å²) in [7, 11) is 0.566. The Labute approximate surface area is 211 Å². The van der Waals surface area contributed by atoms with E-state index in [1.54, 1.807) is 45.6 Å². The minimum absolute atomic E-state index is 0.0470. The molecule has 0 unspecified atom stereocenters. The third-order valence-corrected chi connectivity index (χ3v) is 6.10. The molecule has 0 saturated carbocycles. The van der Waals surface area contributed by atoms with Crippen LogP contribution in [0, 0.1) is 0 Å². The molecule has 202 valence electrons. The summed E-state index contributed by atoms with van der Waals surface area (Å²) >= 11 is 0. The van der Waals surface area contributed by atoms with Crippen LogP contribution in [-0.2, 0) is 19.7 Å². The van der Waals surface area contributed by atoms with Crippen molar-refractivity contribution in [2.24, 2.45) is 0 Å². The van der Waals surface area contributed by atoms with Crippen LogP contribution in [0.3, 0.4) is 0 Å². The number of methoxy groups -OCH3 is 3.